The summed E-state index contributed by atoms with van der Waals surface area (Å²) in [6.45, 7) is 5.99. The maximum absolute atomic E-state index is 5.91. The molecule has 0 radical (unpaired) electrons. The van der Waals surface area contributed by atoms with E-state index in [1.54, 1.807) is 0 Å². The molecule has 0 saturated carbocycles. The lowest BCUT2D eigenvalue weighted by Crippen LogP contribution is -2.01. The monoisotopic (exact) mass is 440 g/mol. The molecular formula is C32H40O. The number of benzene rings is 3. The van der Waals surface area contributed by atoms with Crippen LogP contribution >= 0.6 is 0 Å². The first kappa shape index (κ1) is 25.0. The van der Waals surface area contributed by atoms with Crippen molar-refractivity contribution in [1.29, 1.82) is 0 Å². The molecule has 0 bridgehead atoms. The average Bonchev–Trinajstić information content (AvgIpc) is 2.86. The average molecular weight is 441 g/mol. The highest BCUT2D eigenvalue weighted by Crippen LogP contribution is 2.16. The molecule has 3 aromatic rings. The Kier molecular flexibility index (Phi) is 11.0. The van der Waals surface area contributed by atoms with Crippen molar-refractivity contribution in [2.24, 2.45) is 0 Å². The van der Waals surface area contributed by atoms with Crippen LogP contribution in [0, 0.1) is 0 Å². The van der Waals surface area contributed by atoms with Crippen LogP contribution in [0.25, 0.3) is 6.08 Å². The second-order valence-electron chi connectivity index (χ2n) is 8.90. The van der Waals surface area contributed by atoms with Gasteiger partial charge in [0.2, 0.25) is 0 Å². The van der Waals surface area contributed by atoms with Crippen molar-refractivity contribution in [3.8, 4) is 0 Å². The van der Waals surface area contributed by atoms with Gasteiger partial charge in [0.15, 0.2) is 0 Å². The molecule has 0 aliphatic rings. The van der Waals surface area contributed by atoms with Gasteiger partial charge in [0.25, 0.3) is 0 Å². The number of hydrogen-bond acceptors (Lipinski definition) is 1. The van der Waals surface area contributed by atoms with Crippen LogP contribution in [0.3, 0.4) is 0 Å². The largest absolute Gasteiger partial charge is 0.377 e. The summed E-state index contributed by atoms with van der Waals surface area (Å²) in [4.78, 5) is 0. The lowest BCUT2D eigenvalue weighted by Gasteiger charge is -2.11. The van der Waals surface area contributed by atoms with E-state index in [-0.39, 0.29) is 0 Å². The van der Waals surface area contributed by atoms with Gasteiger partial charge in [-0.15, -0.1) is 0 Å². The van der Waals surface area contributed by atoms with E-state index >= 15 is 0 Å². The summed E-state index contributed by atoms with van der Waals surface area (Å²) >= 11 is 0. The molecule has 0 fully saturated rings. The summed E-state index contributed by atoms with van der Waals surface area (Å²) in [5.41, 5.74) is 8.26. The van der Waals surface area contributed by atoms with Gasteiger partial charge in [0.1, 0.15) is 0 Å². The minimum Gasteiger partial charge on any atom is -0.377 e. The van der Waals surface area contributed by atoms with E-state index in [0.717, 1.165) is 51.7 Å². The molecule has 0 amide bonds. The third-order valence-corrected chi connectivity index (χ3v) is 6.20. The van der Waals surface area contributed by atoms with Crippen molar-refractivity contribution in [2.45, 2.75) is 71.8 Å². The highest BCUT2D eigenvalue weighted by molar-refractivity contribution is 5.49. The van der Waals surface area contributed by atoms with Crippen LogP contribution in [-0.4, -0.2) is 6.61 Å². The molecule has 0 aliphatic carbocycles. The van der Waals surface area contributed by atoms with Crippen molar-refractivity contribution in [3.63, 3.8) is 0 Å². The Morgan fingerprint density at radius 3 is 1.82 bits per heavy atom. The number of aryl methyl sites for hydroxylation is 4. The maximum atomic E-state index is 5.91. The van der Waals surface area contributed by atoms with Gasteiger partial charge in [-0.05, 0) is 71.9 Å². The normalized spacial score (nSPS) is 11.3. The number of rotatable bonds is 14. The summed E-state index contributed by atoms with van der Waals surface area (Å²) < 4.78 is 5.91. The Labute approximate surface area is 201 Å². The van der Waals surface area contributed by atoms with Crippen molar-refractivity contribution < 1.29 is 4.74 Å². The van der Waals surface area contributed by atoms with Crippen LogP contribution in [-0.2, 0) is 37.0 Å². The van der Waals surface area contributed by atoms with Crippen LogP contribution in [0.15, 0.2) is 78.9 Å². The quantitative estimate of drug-likeness (QED) is 0.229. The standard InChI is InChI=1S/C32H40O/c1-3-5-9-25-33-26-32-12-8-7-11-31(32)24-23-30-21-19-29(20-22-30)18-17-28-15-13-27(14-16-28)10-6-4-2/h6-8,10-16,19-22H,3-5,9,17-18,23-26H2,1-2H3. The van der Waals surface area contributed by atoms with E-state index in [2.05, 4.69) is 98.8 Å². The second-order valence-corrected chi connectivity index (χ2v) is 8.90. The van der Waals surface area contributed by atoms with Gasteiger partial charge in [-0.1, -0.05) is 112 Å². The minimum atomic E-state index is 0.731. The smallest absolute Gasteiger partial charge is 0.0719 e. The first-order chi connectivity index (χ1) is 16.3. The van der Waals surface area contributed by atoms with E-state index < -0.39 is 0 Å². The molecule has 0 unspecified atom stereocenters. The van der Waals surface area contributed by atoms with Crippen LogP contribution in [0.1, 0.15) is 72.9 Å². The number of allylic oxidation sites excluding steroid dienone is 1. The molecule has 0 N–H and O–H groups in total. The third kappa shape index (κ3) is 9.02. The van der Waals surface area contributed by atoms with Crippen LogP contribution < -0.4 is 0 Å². The van der Waals surface area contributed by atoms with E-state index in [4.69, 9.17) is 4.74 Å². The van der Waals surface area contributed by atoms with Crippen molar-refractivity contribution in [3.05, 3.63) is 112 Å². The van der Waals surface area contributed by atoms with Gasteiger partial charge in [0, 0.05) is 6.61 Å². The molecule has 174 valence electrons. The third-order valence-electron chi connectivity index (χ3n) is 6.20. The van der Waals surface area contributed by atoms with E-state index in [0.29, 0.717) is 0 Å². The first-order valence-corrected chi connectivity index (χ1v) is 12.8. The fourth-order valence-electron chi connectivity index (χ4n) is 4.07. The van der Waals surface area contributed by atoms with Gasteiger partial charge < -0.3 is 4.74 Å². The molecule has 0 spiro atoms. The van der Waals surface area contributed by atoms with Crippen LogP contribution in [0.5, 0.6) is 0 Å². The van der Waals surface area contributed by atoms with Gasteiger partial charge in [-0.3, -0.25) is 0 Å². The predicted octanol–water partition coefficient (Wildman–Crippen LogP) is 8.39. The van der Waals surface area contributed by atoms with Gasteiger partial charge >= 0.3 is 0 Å². The van der Waals surface area contributed by atoms with E-state index in [9.17, 15) is 0 Å². The number of ether oxygens (including phenoxy) is 1. The summed E-state index contributed by atoms with van der Waals surface area (Å²) in [6.07, 6.45) is 13.4. The molecule has 0 atom stereocenters. The zero-order valence-corrected chi connectivity index (χ0v) is 20.6. The SMILES string of the molecule is CCC=Cc1ccc(CCc2ccc(CCc3ccccc3COCCCCC)cc2)cc1. The fraction of sp³-hybridized carbons (Fsp3) is 0.375. The van der Waals surface area contributed by atoms with Gasteiger partial charge in [0.05, 0.1) is 6.61 Å². The Hall–Kier alpha value is -2.64. The summed E-state index contributed by atoms with van der Waals surface area (Å²) in [5, 5.41) is 0. The van der Waals surface area contributed by atoms with Crippen molar-refractivity contribution >= 4 is 6.08 Å². The zero-order chi connectivity index (χ0) is 23.1. The molecule has 1 heteroatoms. The molecule has 0 heterocycles. The summed E-state index contributed by atoms with van der Waals surface area (Å²) in [6, 6.07) is 26.9. The lowest BCUT2D eigenvalue weighted by atomic mass is 9.98. The summed E-state index contributed by atoms with van der Waals surface area (Å²) in [5.74, 6) is 0. The molecule has 3 aromatic carbocycles. The summed E-state index contributed by atoms with van der Waals surface area (Å²) in [7, 11) is 0. The predicted molar refractivity (Wildman–Crippen MR) is 143 cm³/mol. The number of hydrogen-bond donors (Lipinski definition) is 0. The Balaban J connectivity index is 1.46. The number of unbranched alkanes of at least 4 members (excludes halogenated alkanes) is 2. The minimum absolute atomic E-state index is 0.731. The van der Waals surface area contributed by atoms with Gasteiger partial charge in [-0.2, -0.15) is 0 Å². The van der Waals surface area contributed by atoms with E-state index in [1.165, 1.54) is 46.2 Å². The fourth-order valence-corrected chi connectivity index (χ4v) is 4.07. The lowest BCUT2D eigenvalue weighted by molar-refractivity contribution is 0.116. The van der Waals surface area contributed by atoms with Crippen LogP contribution in [0.2, 0.25) is 0 Å². The van der Waals surface area contributed by atoms with E-state index in [1.807, 2.05) is 0 Å². The molecule has 1 nitrogen and oxygen atoms in total. The topological polar surface area (TPSA) is 9.23 Å². The molecular weight excluding hydrogens is 400 g/mol. The molecule has 3 rings (SSSR count). The van der Waals surface area contributed by atoms with Crippen molar-refractivity contribution in [2.75, 3.05) is 6.61 Å². The maximum Gasteiger partial charge on any atom is 0.0719 e. The molecule has 0 aromatic heterocycles. The second kappa shape index (κ2) is 14.5. The van der Waals surface area contributed by atoms with Gasteiger partial charge in [-0.25, -0.2) is 0 Å². The van der Waals surface area contributed by atoms with Crippen molar-refractivity contribution in [1.82, 2.24) is 0 Å². The Bertz CT molecular complexity index is 951. The Morgan fingerprint density at radius 1 is 0.636 bits per heavy atom. The Morgan fingerprint density at radius 2 is 1.21 bits per heavy atom. The molecule has 0 saturated heterocycles. The highest BCUT2D eigenvalue weighted by atomic mass is 16.5. The van der Waals surface area contributed by atoms with Crippen LogP contribution in [0.4, 0.5) is 0 Å². The molecule has 33 heavy (non-hydrogen) atoms. The zero-order valence-electron chi connectivity index (χ0n) is 20.6. The molecule has 0 aliphatic heterocycles. The first-order valence-electron chi connectivity index (χ1n) is 12.8. The highest BCUT2D eigenvalue weighted by Gasteiger charge is 2.04.